The van der Waals surface area contributed by atoms with Crippen LogP contribution in [0, 0.1) is 0 Å². The van der Waals surface area contributed by atoms with Gasteiger partial charge in [-0.1, -0.05) is 23.7 Å². The van der Waals surface area contributed by atoms with Crippen LogP contribution in [0.15, 0.2) is 36.7 Å². The first-order valence-corrected chi connectivity index (χ1v) is 6.01. The molecule has 0 saturated carbocycles. The molecule has 4 nitrogen and oxygen atoms in total. The van der Waals surface area contributed by atoms with E-state index in [2.05, 4.69) is 16.9 Å². The predicted molar refractivity (Wildman–Crippen MR) is 74.7 cm³/mol. The summed E-state index contributed by atoms with van der Waals surface area (Å²) in [6, 6.07) is 7.93. The fraction of sp³-hybridized carbons (Fsp3) is 0.231. The number of nitrogens with two attached hydrogens (primary N) is 1. The number of benzene rings is 1. The summed E-state index contributed by atoms with van der Waals surface area (Å²) in [4.78, 5) is 10.3. The molecule has 1 aromatic carbocycles. The Morgan fingerprint density at radius 1 is 1.22 bits per heavy atom. The van der Waals surface area contributed by atoms with Gasteiger partial charge in [-0.15, -0.1) is 0 Å². The fourth-order valence-electron chi connectivity index (χ4n) is 1.70. The van der Waals surface area contributed by atoms with Crippen LogP contribution in [0.25, 0.3) is 0 Å². The van der Waals surface area contributed by atoms with Gasteiger partial charge in [-0.2, -0.15) is 0 Å². The Labute approximate surface area is 111 Å². The highest BCUT2D eigenvalue weighted by Crippen LogP contribution is 2.24. The Balaban J connectivity index is 2.23. The summed E-state index contributed by atoms with van der Waals surface area (Å²) in [5.74, 6) is 1.17. The molecule has 0 radical (unpaired) electrons. The van der Waals surface area contributed by atoms with Gasteiger partial charge in [0.15, 0.2) is 0 Å². The number of hydrogen-bond donors (Lipinski definition) is 1. The van der Waals surface area contributed by atoms with Crippen molar-refractivity contribution >= 4 is 23.2 Å². The quantitative estimate of drug-likeness (QED) is 0.924. The van der Waals surface area contributed by atoms with Gasteiger partial charge >= 0.3 is 0 Å². The van der Waals surface area contributed by atoms with Crippen molar-refractivity contribution in [3.05, 3.63) is 47.2 Å². The molecule has 0 bridgehead atoms. The van der Waals surface area contributed by atoms with Crippen LogP contribution in [-0.4, -0.2) is 17.0 Å². The monoisotopic (exact) mass is 262 g/mol. The van der Waals surface area contributed by atoms with Crippen LogP contribution in [0.3, 0.4) is 0 Å². The molecule has 1 heterocycles. The normalized spacial score (nSPS) is 12.2. The number of anilines is 2. The molecular formula is C13H15ClN4. The summed E-state index contributed by atoms with van der Waals surface area (Å²) in [6.07, 6.45) is 3.23. The van der Waals surface area contributed by atoms with Crippen LogP contribution in [0.2, 0.25) is 5.02 Å². The fourth-order valence-corrected chi connectivity index (χ4v) is 1.83. The zero-order valence-corrected chi connectivity index (χ0v) is 11.1. The van der Waals surface area contributed by atoms with Gasteiger partial charge in [0.2, 0.25) is 0 Å². The topological polar surface area (TPSA) is 55.0 Å². The van der Waals surface area contributed by atoms with E-state index in [1.165, 1.54) is 6.20 Å². The van der Waals surface area contributed by atoms with E-state index in [1.807, 2.05) is 36.2 Å². The van der Waals surface area contributed by atoms with Crippen molar-refractivity contribution in [2.45, 2.75) is 13.0 Å². The number of rotatable bonds is 3. The first kappa shape index (κ1) is 12.6. The van der Waals surface area contributed by atoms with Crippen molar-refractivity contribution in [3.63, 3.8) is 0 Å². The predicted octanol–water partition coefficient (Wildman–Crippen LogP) is 2.91. The van der Waals surface area contributed by atoms with E-state index in [1.54, 1.807) is 6.20 Å². The largest absolute Gasteiger partial charge is 0.382 e. The zero-order valence-electron chi connectivity index (χ0n) is 10.3. The van der Waals surface area contributed by atoms with Gasteiger partial charge in [0.05, 0.1) is 18.4 Å². The first-order valence-electron chi connectivity index (χ1n) is 5.64. The molecule has 0 aliphatic rings. The average molecular weight is 263 g/mol. The maximum Gasteiger partial charge on any atom is 0.149 e. The van der Waals surface area contributed by atoms with Gasteiger partial charge < -0.3 is 10.6 Å². The minimum atomic E-state index is 0.165. The van der Waals surface area contributed by atoms with Crippen molar-refractivity contribution in [2.24, 2.45) is 0 Å². The molecule has 2 rings (SSSR count). The lowest BCUT2D eigenvalue weighted by Crippen LogP contribution is -2.23. The van der Waals surface area contributed by atoms with E-state index in [4.69, 9.17) is 17.3 Å². The Morgan fingerprint density at radius 2 is 1.89 bits per heavy atom. The third-order valence-corrected chi connectivity index (χ3v) is 3.19. The molecule has 2 aromatic rings. The molecule has 1 aromatic heterocycles. The molecule has 0 saturated heterocycles. The summed E-state index contributed by atoms with van der Waals surface area (Å²) in [6.45, 7) is 2.09. The SMILES string of the molecule is CC(c1ccc(Cl)cc1)N(C)c1cncc(N)n1. The minimum Gasteiger partial charge on any atom is -0.382 e. The lowest BCUT2D eigenvalue weighted by atomic mass is 10.1. The summed E-state index contributed by atoms with van der Waals surface area (Å²) < 4.78 is 0. The highest BCUT2D eigenvalue weighted by Gasteiger charge is 2.13. The summed E-state index contributed by atoms with van der Waals surface area (Å²) in [7, 11) is 1.96. The van der Waals surface area contributed by atoms with E-state index in [9.17, 15) is 0 Å². The van der Waals surface area contributed by atoms with Crippen molar-refractivity contribution < 1.29 is 0 Å². The smallest absolute Gasteiger partial charge is 0.149 e. The summed E-state index contributed by atoms with van der Waals surface area (Å²) in [5, 5.41) is 0.734. The first-order chi connectivity index (χ1) is 8.58. The molecule has 1 atom stereocenters. The van der Waals surface area contributed by atoms with E-state index in [-0.39, 0.29) is 6.04 Å². The van der Waals surface area contributed by atoms with Gasteiger partial charge in [-0.25, -0.2) is 4.98 Å². The van der Waals surface area contributed by atoms with Crippen LogP contribution in [0.1, 0.15) is 18.5 Å². The van der Waals surface area contributed by atoms with Crippen LogP contribution in [-0.2, 0) is 0 Å². The Hall–Kier alpha value is -1.81. The molecule has 0 aliphatic carbocycles. The highest BCUT2D eigenvalue weighted by molar-refractivity contribution is 6.30. The Morgan fingerprint density at radius 3 is 2.50 bits per heavy atom. The maximum atomic E-state index is 5.88. The second-order valence-corrected chi connectivity index (χ2v) is 4.58. The van der Waals surface area contributed by atoms with Gasteiger partial charge in [0, 0.05) is 12.1 Å². The molecule has 0 aliphatic heterocycles. The van der Waals surface area contributed by atoms with Crippen molar-refractivity contribution in [3.8, 4) is 0 Å². The van der Waals surface area contributed by atoms with Crippen molar-refractivity contribution in [1.29, 1.82) is 0 Å². The van der Waals surface area contributed by atoms with Gasteiger partial charge in [0.25, 0.3) is 0 Å². The van der Waals surface area contributed by atoms with Crippen LogP contribution >= 0.6 is 11.6 Å². The molecule has 0 amide bonds. The van der Waals surface area contributed by atoms with E-state index >= 15 is 0 Å². The number of hydrogen-bond acceptors (Lipinski definition) is 4. The number of nitrogen functional groups attached to an aromatic ring is 1. The van der Waals surface area contributed by atoms with Gasteiger partial charge in [0.1, 0.15) is 11.6 Å². The van der Waals surface area contributed by atoms with Gasteiger partial charge in [-0.3, -0.25) is 4.98 Å². The molecule has 0 spiro atoms. The second-order valence-electron chi connectivity index (χ2n) is 4.14. The van der Waals surface area contributed by atoms with Gasteiger partial charge in [-0.05, 0) is 24.6 Å². The van der Waals surface area contributed by atoms with Crippen molar-refractivity contribution in [1.82, 2.24) is 9.97 Å². The van der Waals surface area contributed by atoms with Crippen LogP contribution in [0.4, 0.5) is 11.6 Å². The Kier molecular flexibility index (Phi) is 3.67. The average Bonchev–Trinajstić information content (AvgIpc) is 2.38. The van der Waals surface area contributed by atoms with Crippen LogP contribution in [0.5, 0.6) is 0 Å². The third kappa shape index (κ3) is 2.71. The van der Waals surface area contributed by atoms with Crippen LogP contribution < -0.4 is 10.6 Å². The lowest BCUT2D eigenvalue weighted by Gasteiger charge is -2.26. The van der Waals surface area contributed by atoms with Crippen molar-refractivity contribution in [2.75, 3.05) is 17.7 Å². The molecular weight excluding hydrogens is 248 g/mol. The second kappa shape index (κ2) is 5.23. The maximum absolute atomic E-state index is 5.88. The third-order valence-electron chi connectivity index (χ3n) is 2.94. The lowest BCUT2D eigenvalue weighted by molar-refractivity contribution is 0.727. The van der Waals surface area contributed by atoms with E-state index in [0.29, 0.717) is 5.82 Å². The standard InChI is InChI=1S/C13H15ClN4/c1-9(10-3-5-11(14)6-4-10)18(2)13-8-16-7-12(15)17-13/h3-9H,1-2H3,(H2,15,17). The Bertz CT molecular complexity index is 527. The number of halogens is 1. The molecule has 1 unspecified atom stereocenters. The summed E-state index contributed by atoms with van der Waals surface area (Å²) in [5.41, 5.74) is 6.80. The zero-order chi connectivity index (χ0) is 13.1. The molecule has 18 heavy (non-hydrogen) atoms. The molecule has 2 N–H and O–H groups in total. The number of nitrogens with zero attached hydrogens (tertiary/aromatic N) is 3. The summed E-state index contributed by atoms with van der Waals surface area (Å²) >= 11 is 5.88. The molecule has 5 heteroatoms. The number of aromatic nitrogens is 2. The molecule has 0 fully saturated rings. The van der Waals surface area contributed by atoms with E-state index < -0.39 is 0 Å². The van der Waals surface area contributed by atoms with E-state index in [0.717, 1.165) is 16.4 Å². The highest BCUT2D eigenvalue weighted by atomic mass is 35.5. The minimum absolute atomic E-state index is 0.165. The molecule has 94 valence electrons.